The fourth-order valence-electron chi connectivity index (χ4n) is 3.69. The van der Waals surface area contributed by atoms with Crippen molar-refractivity contribution in [3.8, 4) is 17.1 Å². The lowest BCUT2D eigenvalue weighted by Crippen LogP contribution is -2.19. The Morgan fingerprint density at radius 3 is 2.31 bits per heavy atom. The highest BCUT2D eigenvalue weighted by Gasteiger charge is 2.19. The maximum atomic E-state index is 12.7. The Bertz CT molecular complexity index is 1360. The summed E-state index contributed by atoms with van der Waals surface area (Å²) in [5.74, 6) is 0.438. The van der Waals surface area contributed by atoms with E-state index in [-0.39, 0.29) is 23.0 Å². The average molecular weight is 500 g/mol. The fourth-order valence-corrected chi connectivity index (χ4v) is 4.44. The van der Waals surface area contributed by atoms with E-state index < -0.39 is 0 Å². The number of thioether (sulfide) groups is 1. The lowest BCUT2D eigenvalue weighted by atomic mass is 9.87. The maximum absolute atomic E-state index is 12.7. The zero-order chi connectivity index (χ0) is 25.7. The third-order valence-corrected chi connectivity index (χ3v) is 6.55. The summed E-state index contributed by atoms with van der Waals surface area (Å²) in [6.07, 6.45) is 0. The quantitative estimate of drug-likeness (QED) is 0.336. The average Bonchev–Trinajstić information content (AvgIpc) is 3.31. The monoisotopic (exact) mass is 499 g/mol. The number of aromatic nitrogens is 3. The van der Waals surface area contributed by atoms with Gasteiger partial charge >= 0.3 is 0 Å². The Morgan fingerprint density at radius 1 is 0.917 bits per heavy atom. The van der Waals surface area contributed by atoms with Gasteiger partial charge in [-0.3, -0.25) is 14.2 Å². The third kappa shape index (κ3) is 5.83. The standard InChI is InChI=1S/C28H29N5O2S/c1-28(2,3)21-15-13-19(14-16-21)25-31-32-27(33(25)23-11-6-5-7-12-23)36-18-24(34)30-22-10-8-9-20(17-22)26(35)29-4/h5-17H,18H2,1-4H3,(H,29,35)(H,30,34). The molecule has 2 N–H and O–H groups in total. The maximum Gasteiger partial charge on any atom is 0.251 e. The van der Waals surface area contributed by atoms with Gasteiger partial charge in [0, 0.05) is 29.5 Å². The fraction of sp³-hybridized carbons (Fsp3) is 0.214. The van der Waals surface area contributed by atoms with Crippen molar-refractivity contribution in [3.63, 3.8) is 0 Å². The van der Waals surface area contributed by atoms with Gasteiger partial charge < -0.3 is 10.6 Å². The number of hydrogen-bond donors (Lipinski definition) is 2. The number of anilines is 1. The molecule has 184 valence electrons. The Morgan fingerprint density at radius 2 is 1.64 bits per heavy atom. The van der Waals surface area contributed by atoms with E-state index in [1.54, 1.807) is 31.3 Å². The number of nitrogens with one attached hydrogen (secondary N) is 2. The van der Waals surface area contributed by atoms with Gasteiger partial charge in [0.2, 0.25) is 5.91 Å². The summed E-state index contributed by atoms with van der Waals surface area (Å²) in [7, 11) is 1.57. The van der Waals surface area contributed by atoms with Gasteiger partial charge in [0.15, 0.2) is 11.0 Å². The van der Waals surface area contributed by atoms with Crippen molar-refractivity contribution in [1.29, 1.82) is 0 Å². The highest BCUT2D eigenvalue weighted by Crippen LogP contribution is 2.30. The van der Waals surface area contributed by atoms with Gasteiger partial charge in [0.25, 0.3) is 5.91 Å². The van der Waals surface area contributed by atoms with Crippen LogP contribution in [0.25, 0.3) is 17.1 Å². The van der Waals surface area contributed by atoms with Gasteiger partial charge in [0.05, 0.1) is 5.75 Å². The van der Waals surface area contributed by atoms with Crippen LogP contribution in [0.5, 0.6) is 0 Å². The number of benzene rings is 3. The van der Waals surface area contributed by atoms with Crippen molar-refractivity contribution in [2.24, 2.45) is 0 Å². The molecule has 0 radical (unpaired) electrons. The van der Waals surface area contributed by atoms with Crippen LogP contribution in [0, 0.1) is 0 Å². The molecule has 0 saturated carbocycles. The molecule has 4 aromatic rings. The van der Waals surface area contributed by atoms with Crippen LogP contribution in [0.15, 0.2) is 84.0 Å². The largest absolute Gasteiger partial charge is 0.355 e. The molecule has 2 amide bonds. The smallest absolute Gasteiger partial charge is 0.251 e. The second-order valence-electron chi connectivity index (χ2n) is 9.30. The number of rotatable bonds is 7. The SMILES string of the molecule is CNC(=O)c1cccc(NC(=O)CSc2nnc(-c3ccc(C(C)(C)C)cc3)n2-c2ccccc2)c1. The van der Waals surface area contributed by atoms with E-state index in [1.807, 2.05) is 34.9 Å². The molecule has 0 fully saturated rings. The van der Waals surface area contributed by atoms with Crippen LogP contribution in [-0.2, 0) is 10.2 Å². The lowest BCUT2D eigenvalue weighted by molar-refractivity contribution is -0.113. The van der Waals surface area contributed by atoms with E-state index in [9.17, 15) is 9.59 Å². The molecule has 0 bridgehead atoms. The van der Waals surface area contributed by atoms with Crippen molar-refractivity contribution in [2.75, 3.05) is 18.1 Å². The Balaban J connectivity index is 1.56. The van der Waals surface area contributed by atoms with Crippen molar-refractivity contribution >= 4 is 29.3 Å². The molecule has 1 aromatic heterocycles. The minimum absolute atomic E-state index is 0.0554. The van der Waals surface area contributed by atoms with E-state index in [1.165, 1.54) is 17.3 Å². The molecule has 0 aliphatic heterocycles. The van der Waals surface area contributed by atoms with Gasteiger partial charge in [-0.05, 0) is 41.3 Å². The summed E-state index contributed by atoms with van der Waals surface area (Å²) in [5.41, 5.74) is 4.20. The lowest BCUT2D eigenvalue weighted by Gasteiger charge is -2.19. The van der Waals surface area contributed by atoms with E-state index in [4.69, 9.17) is 0 Å². The van der Waals surface area contributed by atoms with Gasteiger partial charge in [-0.1, -0.05) is 81.1 Å². The van der Waals surface area contributed by atoms with Crippen LogP contribution < -0.4 is 10.6 Å². The molecule has 1 heterocycles. The molecule has 0 unspecified atom stereocenters. The Hall–Kier alpha value is -3.91. The predicted octanol–water partition coefficient (Wildman–Crippen LogP) is 5.32. The highest BCUT2D eigenvalue weighted by atomic mass is 32.2. The van der Waals surface area contributed by atoms with E-state index >= 15 is 0 Å². The van der Waals surface area contributed by atoms with Crippen LogP contribution >= 0.6 is 11.8 Å². The Kier molecular flexibility index (Phi) is 7.55. The van der Waals surface area contributed by atoms with Crippen LogP contribution in [0.4, 0.5) is 5.69 Å². The van der Waals surface area contributed by atoms with Crippen LogP contribution in [-0.4, -0.2) is 39.4 Å². The van der Waals surface area contributed by atoms with Crippen molar-refractivity contribution in [2.45, 2.75) is 31.3 Å². The van der Waals surface area contributed by atoms with E-state index in [2.05, 4.69) is 65.9 Å². The number of amides is 2. The minimum Gasteiger partial charge on any atom is -0.355 e. The number of hydrogen-bond acceptors (Lipinski definition) is 5. The Labute approximate surface area is 215 Å². The van der Waals surface area contributed by atoms with Crippen LogP contribution in [0.3, 0.4) is 0 Å². The number of para-hydroxylation sites is 1. The first kappa shape index (κ1) is 25.2. The van der Waals surface area contributed by atoms with Gasteiger partial charge in [-0.25, -0.2) is 0 Å². The molecule has 0 saturated heterocycles. The second kappa shape index (κ2) is 10.8. The first-order chi connectivity index (χ1) is 17.3. The molecule has 4 rings (SSSR count). The van der Waals surface area contributed by atoms with Gasteiger partial charge in [-0.15, -0.1) is 10.2 Å². The third-order valence-electron chi connectivity index (χ3n) is 5.62. The normalized spacial score (nSPS) is 11.2. The predicted molar refractivity (Wildman–Crippen MR) is 145 cm³/mol. The zero-order valence-corrected chi connectivity index (χ0v) is 21.6. The first-order valence-electron chi connectivity index (χ1n) is 11.6. The minimum atomic E-state index is -0.209. The van der Waals surface area contributed by atoms with E-state index in [0.717, 1.165) is 11.3 Å². The zero-order valence-electron chi connectivity index (χ0n) is 20.8. The summed E-state index contributed by atoms with van der Waals surface area (Å²) in [4.78, 5) is 24.6. The molecule has 0 aliphatic rings. The molecular formula is C28H29N5O2S. The van der Waals surface area contributed by atoms with Crippen molar-refractivity contribution in [3.05, 3.63) is 90.0 Å². The van der Waals surface area contributed by atoms with Crippen molar-refractivity contribution < 1.29 is 9.59 Å². The molecule has 0 spiro atoms. The second-order valence-corrected chi connectivity index (χ2v) is 10.2. The van der Waals surface area contributed by atoms with E-state index in [0.29, 0.717) is 22.2 Å². The summed E-state index contributed by atoms with van der Waals surface area (Å²) in [6.45, 7) is 6.55. The molecule has 3 aromatic carbocycles. The molecular weight excluding hydrogens is 470 g/mol. The van der Waals surface area contributed by atoms with Crippen molar-refractivity contribution in [1.82, 2.24) is 20.1 Å². The first-order valence-corrected chi connectivity index (χ1v) is 12.6. The molecule has 36 heavy (non-hydrogen) atoms. The van der Waals surface area contributed by atoms with Crippen LogP contribution in [0.2, 0.25) is 0 Å². The van der Waals surface area contributed by atoms with Gasteiger partial charge in [0.1, 0.15) is 0 Å². The highest BCUT2D eigenvalue weighted by molar-refractivity contribution is 7.99. The van der Waals surface area contributed by atoms with Gasteiger partial charge in [-0.2, -0.15) is 0 Å². The summed E-state index contributed by atoms with van der Waals surface area (Å²) in [5, 5.41) is 14.9. The molecule has 0 atom stereocenters. The number of nitrogens with zero attached hydrogens (tertiary/aromatic N) is 3. The summed E-state index contributed by atoms with van der Waals surface area (Å²) in [6, 6.07) is 25.0. The number of carbonyl (C=O) groups excluding carboxylic acids is 2. The summed E-state index contributed by atoms with van der Waals surface area (Å²) >= 11 is 1.31. The molecule has 7 nitrogen and oxygen atoms in total. The topological polar surface area (TPSA) is 88.9 Å². The molecule has 0 aliphatic carbocycles. The van der Waals surface area contributed by atoms with Crippen LogP contribution in [0.1, 0.15) is 36.7 Å². The number of carbonyl (C=O) groups is 2. The summed E-state index contributed by atoms with van der Waals surface area (Å²) < 4.78 is 1.97. The molecule has 8 heteroatoms.